The van der Waals surface area contributed by atoms with Crippen molar-refractivity contribution < 1.29 is 0 Å². The van der Waals surface area contributed by atoms with Crippen LogP contribution in [0.4, 0.5) is 0 Å². The Hall–Kier alpha value is -2.12. The van der Waals surface area contributed by atoms with Crippen LogP contribution in [-0.4, -0.2) is 8.07 Å². The van der Waals surface area contributed by atoms with Gasteiger partial charge in [0, 0.05) is 0 Å². The molecule has 0 unspecified atom stereocenters. The minimum atomic E-state index is -1.21. The summed E-state index contributed by atoms with van der Waals surface area (Å²) >= 11 is 0. The van der Waals surface area contributed by atoms with E-state index in [0.717, 1.165) is 0 Å². The summed E-state index contributed by atoms with van der Waals surface area (Å²) in [5.41, 5.74) is 6.42. The molecule has 0 N–H and O–H groups in total. The first kappa shape index (κ1) is 15.8. The summed E-state index contributed by atoms with van der Waals surface area (Å²) in [7, 11) is -1.21. The second kappa shape index (κ2) is 6.17. The van der Waals surface area contributed by atoms with E-state index >= 15 is 0 Å². The van der Waals surface area contributed by atoms with Gasteiger partial charge in [0.15, 0.2) is 0 Å². The van der Waals surface area contributed by atoms with Gasteiger partial charge in [-0.05, 0) is 29.2 Å². The van der Waals surface area contributed by atoms with Crippen molar-refractivity contribution in [2.75, 3.05) is 0 Å². The zero-order valence-corrected chi connectivity index (χ0v) is 15.4. The predicted molar refractivity (Wildman–Crippen MR) is 105 cm³/mol. The molecule has 0 saturated heterocycles. The molecule has 0 fully saturated rings. The molecule has 0 bridgehead atoms. The van der Waals surface area contributed by atoms with Crippen LogP contribution >= 0.6 is 0 Å². The standard InChI is InChI=1S/C22H24Si/c1-17-5-7-18(8-6-17)19-9-11-20(12-10-19)21-13-15-22(16-14-21)23(2,3)4/h5-16H,1-4H3. The van der Waals surface area contributed by atoms with E-state index < -0.39 is 8.07 Å². The van der Waals surface area contributed by atoms with Gasteiger partial charge in [0.1, 0.15) is 0 Å². The molecule has 23 heavy (non-hydrogen) atoms. The smallest absolute Gasteiger partial charge is 0.0656 e. The quantitative estimate of drug-likeness (QED) is 0.530. The maximum absolute atomic E-state index is 2.39. The molecule has 0 heterocycles. The average molecular weight is 317 g/mol. The number of hydrogen-bond donors (Lipinski definition) is 0. The molecule has 0 amide bonds. The fourth-order valence-corrected chi connectivity index (χ4v) is 3.93. The lowest BCUT2D eigenvalue weighted by Gasteiger charge is -2.16. The Kier molecular flexibility index (Phi) is 4.23. The molecular weight excluding hydrogens is 292 g/mol. The van der Waals surface area contributed by atoms with Gasteiger partial charge in [-0.2, -0.15) is 0 Å². The van der Waals surface area contributed by atoms with Crippen molar-refractivity contribution in [3.8, 4) is 22.3 Å². The van der Waals surface area contributed by atoms with Crippen molar-refractivity contribution in [2.24, 2.45) is 0 Å². The molecule has 0 aliphatic rings. The maximum atomic E-state index is 2.39. The van der Waals surface area contributed by atoms with Gasteiger partial charge in [-0.3, -0.25) is 0 Å². The summed E-state index contributed by atoms with van der Waals surface area (Å²) in [6.07, 6.45) is 0. The van der Waals surface area contributed by atoms with Gasteiger partial charge >= 0.3 is 0 Å². The van der Waals surface area contributed by atoms with Crippen molar-refractivity contribution in [1.82, 2.24) is 0 Å². The van der Waals surface area contributed by atoms with Crippen molar-refractivity contribution in [3.63, 3.8) is 0 Å². The topological polar surface area (TPSA) is 0 Å². The lowest BCUT2D eigenvalue weighted by molar-refractivity contribution is 1.47. The van der Waals surface area contributed by atoms with Crippen LogP contribution in [0.15, 0.2) is 72.8 Å². The van der Waals surface area contributed by atoms with Crippen LogP contribution in [0.2, 0.25) is 19.6 Å². The molecule has 1 heteroatoms. The zero-order valence-electron chi connectivity index (χ0n) is 14.4. The van der Waals surface area contributed by atoms with E-state index in [1.165, 1.54) is 33.0 Å². The summed E-state index contributed by atoms with van der Waals surface area (Å²) in [5.74, 6) is 0. The summed E-state index contributed by atoms with van der Waals surface area (Å²) in [4.78, 5) is 0. The molecular formula is C22H24Si. The third kappa shape index (κ3) is 3.62. The second-order valence-corrected chi connectivity index (χ2v) is 12.3. The van der Waals surface area contributed by atoms with E-state index in [1.54, 1.807) is 0 Å². The van der Waals surface area contributed by atoms with Gasteiger partial charge in [0.05, 0.1) is 8.07 Å². The van der Waals surface area contributed by atoms with Gasteiger partial charge in [-0.1, -0.05) is 103 Å². The van der Waals surface area contributed by atoms with Crippen LogP contribution in [0.5, 0.6) is 0 Å². The minimum absolute atomic E-state index is 1.21. The van der Waals surface area contributed by atoms with Crippen LogP contribution in [0.1, 0.15) is 5.56 Å². The summed E-state index contributed by atoms with van der Waals surface area (Å²) in [6.45, 7) is 9.28. The minimum Gasteiger partial charge on any atom is -0.0656 e. The highest BCUT2D eigenvalue weighted by molar-refractivity contribution is 6.88. The number of benzene rings is 3. The lowest BCUT2D eigenvalue weighted by atomic mass is 10.00. The summed E-state index contributed by atoms with van der Waals surface area (Å²) < 4.78 is 0. The Morgan fingerprint density at radius 2 is 0.783 bits per heavy atom. The number of hydrogen-bond acceptors (Lipinski definition) is 0. The molecule has 116 valence electrons. The molecule has 0 radical (unpaired) electrons. The number of aryl methyl sites for hydroxylation is 1. The fraction of sp³-hybridized carbons (Fsp3) is 0.182. The first-order valence-electron chi connectivity index (χ1n) is 8.21. The van der Waals surface area contributed by atoms with Gasteiger partial charge in [-0.15, -0.1) is 0 Å². The van der Waals surface area contributed by atoms with Crippen LogP contribution in [-0.2, 0) is 0 Å². The Morgan fingerprint density at radius 1 is 0.478 bits per heavy atom. The monoisotopic (exact) mass is 316 g/mol. The van der Waals surface area contributed by atoms with Crippen LogP contribution in [0.3, 0.4) is 0 Å². The van der Waals surface area contributed by atoms with E-state index in [2.05, 4.69) is 99.4 Å². The van der Waals surface area contributed by atoms with Gasteiger partial charge in [0.2, 0.25) is 0 Å². The Balaban J connectivity index is 1.86. The highest BCUT2D eigenvalue weighted by Gasteiger charge is 2.15. The summed E-state index contributed by atoms with van der Waals surface area (Å²) in [5, 5.41) is 1.51. The first-order valence-corrected chi connectivity index (χ1v) is 11.7. The molecule has 3 aromatic rings. The SMILES string of the molecule is Cc1ccc(-c2ccc(-c3ccc([Si](C)(C)C)cc3)cc2)cc1. The Bertz CT molecular complexity index is 773. The van der Waals surface area contributed by atoms with E-state index in [0.29, 0.717) is 0 Å². The molecule has 3 rings (SSSR count). The van der Waals surface area contributed by atoms with Crippen molar-refractivity contribution in [1.29, 1.82) is 0 Å². The average Bonchev–Trinajstić information content (AvgIpc) is 2.55. The van der Waals surface area contributed by atoms with Crippen LogP contribution in [0, 0.1) is 6.92 Å². The number of rotatable bonds is 3. The third-order valence-corrected chi connectivity index (χ3v) is 6.42. The van der Waals surface area contributed by atoms with Crippen molar-refractivity contribution in [2.45, 2.75) is 26.6 Å². The van der Waals surface area contributed by atoms with Gasteiger partial charge in [0.25, 0.3) is 0 Å². The Morgan fingerprint density at radius 3 is 1.13 bits per heavy atom. The predicted octanol–water partition coefficient (Wildman–Crippen LogP) is 5.87. The molecule has 3 aromatic carbocycles. The molecule has 0 aliphatic heterocycles. The Labute approximate surface area is 140 Å². The van der Waals surface area contributed by atoms with Crippen molar-refractivity contribution >= 4 is 13.3 Å². The van der Waals surface area contributed by atoms with Gasteiger partial charge in [-0.25, -0.2) is 0 Å². The molecule has 0 aliphatic carbocycles. The van der Waals surface area contributed by atoms with Gasteiger partial charge < -0.3 is 0 Å². The zero-order chi connectivity index (χ0) is 16.4. The maximum Gasteiger partial charge on any atom is 0.0775 e. The molecule has 0 spiro atoms. The van der Waals surface area contributed by atoms with Crippen molar-refractivity contribution in [3.05, 3.63) is 78.4 Å². The normalized spacial score (nSPS) is 11.5. The molecule has 0 atom stereocenters. The van der Waals surface area contributed by atoms with E-state index in [1.807, 2.05) is 0 Å². The lowest BCUT2D eigenvalue weighted by Crippen LogP contribution is -2.37. The summed E-state index contributed by atoms with van der Waals surface area (Å²) in [6, 6.07) is 26.7. The molecule has 0 saturated carbocycles. The van der Waals surface area contributed by atoms with E-state index in [9.17, 15) is 0 Å². The largest absolute Gasteiger partial charge is 0.0775 e. The van der Waals surface area contributed by atoms with Crippen LogP contribution < -0.4 is 5.19 Å². The van der Waals surface area contributed by atoms with Crippen LogP contribution in [0.25, 0.3) is 22.3 Å². The highest BCUT2D eigenvalue weighted by atomic mass is 28.3. The first-order chi connectivity index (χ1) is 10.9. The molecule has 0 aromatic heterocycles. The highest BCUT2D eigenvalue weighted by Crippen LogP contribution is 2.25. The third-order valence-electron chi connectivity index (χ3n) is 4.35. The second-order valence-electron chi connectivity index (χ2n) is 7.27. The van der Waals surface area contributed by atoms with E-state index in [4.69, 9.17) is 0 Å². The molecule has 0 nitrogen and oxygen atoms in total. The fourth-order valence-electron chi connectivity index (χ4n) is 2.76. The van der Waals surface area contributed by atoms with E-state index in [-0.39, 0.29) is 0 Å².